The molecule has 1 unspecified atom stereocenters. The van der Waals surface area contributed by atoms with Gasteiger partial charge in [0.05, 0.1) is 5.56 Å². The molecule has 0 saturated heterocycles. The molecule has 0 spiro atoms. The van der Waals surface area contributed by atoms with E-state index >= 15 is 0 Å². The summed E-state index contributed by atoms with van der Waals surface area (Å²) >= 11 is 6.00. The molecule has 0 bridgehead atoms. The molecule has 0 aliphatic carbocycles. The topological polar surface area (TPSA) is 67.4 Å². The lowest BCUT2D eigenvalue weighted by molar-refractivity contribution is -0.120. The number of hydrogen-bond donors (Lipinski definition) is 2. The normalized spacial score (nSPS) is 25.0. The third kappa shape index (κ3) is 4.49. The van der Waals surface area contributed by atoms with Gasteiger partial charge in [0.2, 0.25) is 5.91 Å². The van der Waals surface area contributed by atoms with Gasteiger partial charge in [0.25, 0.3) is 5.91 Å². The third-order valence-electron chi connectivity index (χ3n) is 3.22. The summed E-state index contributed by atoms with van der Waals surface area (Å²) < 4.78 is 5.61. The van der Waals surface area contributed by atoms with Gasteiger partial charge in [-0.25, -0.2) is 0 Å². The number of halogens is 1. The van der Waals surface area contributed by atoms with E-state index in [0.717, 1.165) is 0 Å². The maximum atomic E-state index is 12.3. The Morgan fingerprint density at radius 2 is 2.00 bits per heavy atom. The number of para-hydroxylation sites is 1. The molecule has 5 nitrogen and oxygen atoms in total. The van der Waals surface area contributed by atoms with Crippen molar-refractivity contribution in [2.24, 2.45) is 0 Å². The van der Waals surface area contributed by atoms with E-state index in [9.17, 15) is 9.59 Å². The molecule has 0 fully saturated rings. The van der Waals surface area contributed by atoms with Crippen LogP contribution in [0, 0.1) is 0 Å². The molecule has 0 radical (unpaired) electrons. The first-order valence-electron chi connectivity index (χ1n) is 7.17. The van der Waals surface area contributed by atoms with Crippen molar-refractivity contribution >= 4 is 23.4 Å². The van der Waals surface area contributed by atoms with Crippen molar-refractivity contribution in [3.63, 3.8) is 0 Å². The van der Waals surface area contributed by atoms with E-state index in [2.05, 4.69) is 10.6 Å². The zero-order chi connectivity index (χ0) is 15.9. The molecule has 0 saturated carbocycles. The van der Waals surface area contributed by atoms with E-state index in [4.69, 9.17) is 16.3 Å². The van der Waals surface area contributed by atoms with Crippen LogP contribution in [0.3, 0.4) is 0 Å². The van der Waals surface area contributed by atoms with Gasteiger partial charge in [0.1, 0.15) is 17.7 Å². The summed E-state index contributed by atoms with van der Waals surface area (Å²) in [4.78, 5) is 24.1. The number of alkyl halides is 1. The summed E-state index contributed by atoms with van der Waals surface area (Å²) in [6, 6.07) is 6.85. The number of amides is 2. The van der Waals surface area contributed by atoms with Crippen LogP contribution in [0.2, 0.25) is 0 Å². The molecule has 22 heavy (non-hydrogen) atoms. The Morgan fingerprint density at radius 3 is 2.82 bits per heavy atom. The van der Waals surface area contributed by atoms with E-state index in [-0.39, 0.29) is 17.9 Å². The van der Waals surface area contributed by atoms with Gasteiger partial charge in [-0.05, 0) is 25.5 Å². The second-order valence-corrected chi connectivity index (χ2v) is 5.63. The Labute approximate surface area is 134 Å². The fourth-order valence-electron chi connectivity index (χ4n) is 2.03. The molecule has 6 heteroatoms. The first kappa shape index (κ1) is 16.4. The molecular weight excluding hydrogens is 304 g/mol. The van der Waals surface area contributed by atoms with E-state index in [1.165, 1.54) is 0 Å². The van der Waals surface area contributed by atoms with Crippen LogP contribution in [-0.2, 0) is 4.79 Å². The van der Waals surface area contributed by atoms with Gasteiger partial charge in [0, 0.05) is 12.6 Å². The highest BCUT2D eigenvalue weighted by Crippen LogP contribution is 2.18. The van der Waals surface area contributed by atoms with Crippen molar-refractivity contribution in [3.05, 3.63) is 42.0 Å². The number of rotatable bonds is 0. The number of benzene rings is 1. The number of allylic oxidation sites excluding steroid dienone is 1. The van der Waals surface area contributed by atoms with Crippen molar-refractivity contribution < 1.29 is 14.3 Å². The van der Waals surface area contributed by atoms with Gasteiger partial charge in [-0.15, -0.1) is 11.6 Å². The number of carbonyl (C=O) groups is 2. The Kier molecular flexibility index (Phi) is 5.83. The van der Waals surface area contributed by atoms with E-state index in [1.54, 1.807) is 30.4 Å². The van der Waals surface area contributed by atoms with Crippen LogP contribution in [0.25, 0.3) is 0 Å². The Balaban J connectivity index is 2.18. The van der Waals surface area contributed by atoms with Crippen molar-refractivity contribution in [3.8, 4) is 5.75 Å². The molecule has 2 N–H and O–H groups in total. The highest BCUT2D eigenvalue weighted by atomic mass is 35.5. The van der Waals surface area contributed by atoms with Crippen LogP contribution < -0.4 is 15.4 Å². The quantitative estimate of drug-likeness (QED) is 0.566. The summed E-state index contributed by atoms with van der Waals surface area (Å²) in [5, 5.41) is 4.93. The molecule has 2 atom stereocenters. The van der Waals surface area contributed by atoms with Crippen LogP contribution in [0.5, 0.6) is 5.75 Å². The average molecular weight is 323 g/mol. The molecule has 1 aromatic rings. The lowest BCUT2D eigenvalue weighted by Crippen LogP contribution is -2.43. The second-order valence-electron chi connectivity index (χ2n) is 5.10. The fraction of sp³-hybridized carbons (Fsp3) is 0.375. The van der Waals surface area contributed by atoms with Crippen LogP contribution in [0.4, 0.5) is 0 Å². The van der Waals surface area contributed by atoms with Crippen molar-refractivity contribution in [2.75, 3.05) is 13.2 Å². The largest absolute Gasteiger partial charge is 0.489 e. The van der Waals surface area contributed by atoms with E-state index in [1.807, 2.05) is 13.0 Å². The highest BCUT2D eigenvalue weighted by Gasteiger charge is 2.17. The van der Waals surface area contributed by atoms with Gasteiger partial charge < -0.3 is 15.4 Å². The molecule has 1 aliphatic heterocycles. The summed E-state index contributed by atoms with van der Waals surface area (Å²) in [6.07, 6.45) is 4.01. The molecule has 0 aromatic heterocycles. The summed E-state index contributed by atoms with van der Waals surface area (Å²) in [5.41, 5.74) is 0.473. The maximum Gasteiger partial charge on any atom is 0.255 e. The molecule has 1 aliphatic rings. The minimum absolute atomic E-state index is 0.216. The number of hydrogen-bond acceptors (Lipinski definition) is 3. The fourth-order valence-corrected chi connectivity index (χ4v) is 2.21. The number of ether oxygens (including phenoxy) is 1. The molecule has 2 amide bonds. The Hall–Kier alpha value is -2.01. The van der Waals surface area contributed by atoms with Crippen LogP contribution >= 0.6 is 11.6 Å². The van der Waals surface area contributed by atoms with Crippen molar-refractivity contribution in [1.82, 2.24) is 10.6 Å². The Morgan fingerprint density at radius 1 is 1.23 bits per heavy atom. The average Bonchev–Trinajstić information content (AvgIpc) is 2.51. The summed E-state index contributed by atoms with van der Waals surface area (Å²) in [6.45, 7) is 2.45. The molecular formula is C16H19ClN2O3. The lowest BCUT2D eigenvalue weighted by Gasteiger charge is -2.18. The summed E-state index contributed by atoms with van der Waals surface area (Å²) in [5.74, 6) is 0.0481. The van der Waals surface area contributed by atoms with Gasteiger partial charge in [0.15, 0.2) is 0 Å². The van der Waals surface area contributed by atoms with Gasteiger partial charge in [-0.2, -0.15) is 0 Å². The van der Waals surface area contributed by atoms with E-state index < -0.39 is 5.38 Å². The molecule has 1 aromatic carbocycles. The van der Waals surface area contributed by atoms with Crippen LogP contribution in [0.1, 0.15) is 23.7 Å². The minimum atomic E-state index is -0.630. The monoisotopic (exact) mass is 322 g/mol. The second kappa shape index (κ2) is 7.84. The van der Waals surface area contributed by atoms with Crippen LogP contribution in [-0.4, -0.2) is 36.4 Å². The van der Waals surface area contributed by atoms with Crippen molar-refractivity contribution in [2.45, 2.75) is 24.8 Å². The number of fused-ring (bicyclic) bond motifs is 1. The van der Waals surface area contributed by atoms with Crippen molar-refractivity contribution in [1.29, 1.82) is 0 Å². The van der Waals surface area contributed by atoms with Gasteiger partial charge >= 0.3 is 0 Å². The summed E-state index contributed by atoms with van der Waals surface area (Å²) in [7, 11) is 0. The zero-order valence-electron chi connectivity index (χ0n) is 12.3. The zero-order valence-corrected chi connectivity index (χ0v) is 13.1. The predicted molar refractivity (Wildman–Crippen MR) is 85.3 cm³/mol. The third-order valence-corrected chi connectivity index (χ3v) is 3.60. The SMILES string of the molecule is C[C@H]1CNC(=O)C(Cl)C/C=C/COc2ccccc2C(=O)N1. The highest BCUT2D eigenvalue weighted by molar-refractivity contribution is 6.30. The minimum Gasteiger partial charge on any atom is -0.489 e. The lowest BCUT2D eigenvalue weighted by atomic mass is 10.1. The first-order chi connectivity index (χ1) is 10.6. The smallest absolute Gasteiger partial charge is 0.255 e. The van der Waals surface area contributed by atoms with E-state index in [0.29, 0.717) is 30.9 Å². The Bertz CT molecular complexity index is 574. The maximum absolute atomic E-state index is 12.3. The van der Waals surface area contributed by atoms with Gasteiger partial charge in [-0.3, -0.25) is 9.59 Å². The van der Waals surface area contributed by atoms with Crippen LogP contribution in [0.15, 0.2) is 36.4 Å². The van der Waals surface area contributed by atoms with Gasteiger partial charge in [-0.1, -0.05) is 24.3 Å². The predicted octanol–water partition coefficient (Wildman–Crippen LogP) is 1.87. The molecule has 118 valence electrons. The first-order valence-corrected chi connectivity index (χ1v) is 7.61. The standard InChI is InChI=1S/C16H19ClN2O3/c1-11-10-18-16(21)13(17)7-4-5-9-22-14-8-3-2-6-12(14)15(20)19-11/h2-6,8,11,13H,7,9-10H2,1H3,(H,18,21)(H,19,20)/b5-4+/t11-,13?/m0/s1. The number of nitrogens with one attached hydrogen (secondary N) is 2. The molecule has 2 rings (SSSR count). The molecule has 1 heterocycles. The number of carbonyl (C=O) groups excluding carboxylic acids is 2.